The molecule has 11 nitrogen and oxygen atoms in total. The molecule has 0 saturated heterocycles. The van der Waals surface area contributed by atoms with Gasteiger partial charge in [0.05, 0.1) is 18.9 Å². The van der Waals surface area contributed by atoms with Crippen LogP contribution in [-0.2, 0) is 46.7 Å². The van der Waals surface area contributed by atoms with E-state index in [0.717, 1.165) is 24.8 Å². The zero-order chi connectivity index (χ0) is 32.5. The molecule has 1 aromatic rings. The van der Waals surface area contributed by atoms with Crippen molar-refractivity contribution in [2.75, 3.05) is 6.61 Å². The van der Waals surface area contributed by atoms with Crippen LogP contribution in [0.25, 0.3) is 0 Å². The van der Waals surface area contributed by atoms with Crippen LogP contribution in [0.2, 0.25) is 0 Å². The number of aliphatic hydroxyl groups is 1. The van der Waals surface area contributed by atoms with Gasteiger partial charge in [-0.3, -0.25) is 19.2 Å². The first-order chi connectivity index (χ1) is 21.3. The number of carbonyl (C=O) groups excluding carboxylic acids is 4. The van der Waals surface area contributed by atoms with Crippen LogP contribution in [0.15, 0.2) is 48.1 Å². The number of nitrogens with zero attached hydrogens (tertiary/aromatic N) is 1. The molecule has 4 aliphatic rings. The number of hydrogen-bond acceptors (Lipinski definition) is 10. The van der Waals surface area contributed by atoms with E-state index in [4.69, 9.17) is 9.47 Å². The number of allylic oxidation sites excluding steroid dienone is 4. The minimum Gasteiger partial charge on any atom is -0.461 e. The van der Waals surface area contributed by atoms with E-state index in [0.29, 0.717) is 17.5 Å². The lowest BCUT2D eigenvalue weighted by atomic mass is 9.46. The number of ketones is 2. The highest BCUT2D eigenvalue weighted by Crippen LogP contribution is 2.67. The molecule has 5 rings (SSSR count). The van der Waals surface area contributed by atoms with Crippen molar-refractivity contribution in [2.24, 2.45) is 40.4 Å². The number of fused-ring (bicyclic) bond motifs is 5. The Kier molecular flexibility index (Phi) is 9.30. The Morgan fingerprint density at radius 1 is 1.04 bits per heavy atom. The van der Waals surface area contributed by atoms with Crippen LogP contribution in [-0.4, -0.2) is 46.4 Å². The maximum Gasteiger partial charge on any atom is 0.306 e. The monoisotopic (exact) mass is 623 g/mol. The van der Waals surface area contributed by atoms with Gasteiger partial charge in [-0.2, -0.15) is 0 Å². The number of Topliss-reactive ketones (excluding diaryl/α,β-unsaturated/α-hetero) is 1. The average molecular weight is 624 g/mol. The summed E-state index contributed by atoms with van der Waals surface area (Å²) in [6.07, 6.45) is 7.26. The fraction of sp³-hybridized carbons (Fsp3) is 0.588. The van der Waals surface area contributed by atoms with Gasteiger partial charge in [0.25, 0.3) is 5.09 Å². The molecule has 4 aliphatic carbocycles. The summed E-state index contributed by atoms with van der Waals surface area (Å²) in [5, 5.41) is 21.0. The molecule has 0 aliphatic heterocycles. The van der Waals surface area contributed by atoms with Crippen LogP contribution in [0, 0.1) is 50.5 Å². The number of rotatable bonds is 11. The molecule has 7 unspecified atom stereocenters. The summed E-state index contributed by atoms with van der Waals surface area (Å²) in [7, 11) is 0. The van der Waals surface area contributed by atoms with Crippen molar-refractivity contribution in [3.8, 4) is 0 Å². The largest absolute Gasteiger partial charge is 0.461 e. The van der Waals surface area contributed by atoms with Crippen molar-refractivity contribution in [3.05, 3.63) is 69.3 Å². The van der Waals surface area contributed by atoms with Gasteiger partial charge in [-0.05, 0) is 72.1 Å². The molecular formula is C34H41NO10. The zero-order valence-corrected chi connectivity index (χ0v) is 25.9. The van der Waals surface area contributed by atoms with Crippen LogP contribution in [0.1, 0.15) is 70.4 Å². The summed E-state index contributed by atoms with van der Waals surface area (Å²) in [5.74, 6) is -1.29. The van der Waals surface area contributed by atoms with E-state index in [9.17, 15) is 34.4 Å². The maximum absolute atomic E-state index is 13.6. The van der Waals surface area contributed by atoms with Crippen molar-refractivity contribution in [2.45, 2.75) is 78.6 Å². The Balaban J connectivity index is 1.11. The summed E-state index contributed by atoms with van der Waals surface area (Å²) in [5.41, 5.74) is 1.54. The number of carbonyl (C=O) groups is 4. The van der Waals surface area contributed by atoms with Gasteiger partial charge in [-0.25, -0.2) is 0 Å². The molecule has 11 heteroatoms. The molecule has 45 heavy (non-hydrogen) atoms. The van der Waals surface area contributed by atoms with Gasteiger partial charge >= 0.3 is 11.9 Å². The second-order valence-electron chi connectivity index (χ2n) is 13.6. The fourth-order valence-corrected chi connectivity index (χ4v) is 8.99. The lowest BCUT2D eigenvalue weighted by Gasteiger charge is -2.58. The molecule has 0 amide bonds. The summed E-state index contributed by atoms with van der Waals surface area (Å²) < 4.78 is 10.5. The SMILES string of the molecule is CC1CC2C3CCC4=CC(=O)C=CC4(C)C3C(O)C[C@]2(C)C1C(=O)COC(=O)CCC(=O)OCc1ccc(CO[N+](=O)[O-])cc1. The number of benzene rings is 1. The lowest BCUT2D eigenvalue weighted by molar-refractivity contribution is -0.763. The van der Waals surface area contributed by atoms with Crippen molar-refractivity contribution in [1.29, 1.82) is 0 Å². The summed E-state index contributed by atoms with van der Waals surface area (Å²) in [6, 6.07) is 6.57. The molecule has 0 aromatic heterocycles. The predicted octanol–water partition coefficient (Wildman–Crippen LogP) is 4.47. The standard InChI is InChI=1S/C34H41NO10/c1-20-14-26-25-9-8-23-15-24(36)12-13-33(23,2)32(25)27(37)16-34(26,3)31(20)28(38)19-44-30(40)11-10-29(39)43-17-21-4-6-22(7-5-21)18-45-35(41)42/h4-7,12-13,15,20,25-27,31-32,37H,8-11,14,16-19H2,1-3H3/t20?,25?,26?,27?,31?,32?,33?,34-/m0/s1. The molecule has 242 valence electrons. The second-order valence-corrected chi connectivity index (χ2v) is 13.6. The Morgan fingerprint density at radius 3 is 2.36 bits per heavy atom. The first-order valence-corrected chi connectivity index (χ1v) is 15.6. The highest BCUT2D eigenvalue weighted by molar-refractivity contribution is 6.01. The predicted molar refractivity (Wildman–Crippen MR) is 159 cm³/mol. The van der Waals surface area contributed by atoms with E-state index >= 15 is 0 Å². The van der Waals surface area contributed by atoms with E-state index < -0.39 is 28.5 Å². The highest BCUT2D eigenvalue weighted by Gasteiger charge is 2.64. The smallest absolute Gasteiger partial charge is 0.306 e. The number of esters is 2. The van der Waals surface area contributed by atoms with Crippen LogP contribution >= 0.6 is 0 Å². The average Bonchev–Trinajstić information content (AvgIpc) is 3.26. The number of aliphatic hydroxyl groups excluding tert-OH is 1. The van der Waals surface area contributed by atoms with Gasteiger partial charge in [-0.15, -0.1) is 10.1 Å². The minimum absolute atomic E-state index is 0.00476. The van der Waals surface area contributed by atoms with Crippen LogP contribution in [0.3, 0.4) is 0 Å². The molecule has 0 spiro atoms. The molecule has 0 radical (unpaired) electrons. The molecule has 8 atom stereocenters. The molecule has 3 fully saturated rings. The molecular weight excluding hydrogens is 582 g/mol. The summed E-state index contributed by atoms with van der Waals surface area (Å²) in [6.45, 7) is 5.70. The molecule has 0 bridgehead atoms. The molecule has 0 heterocycles. The Labute approximate surface area is 262 Å². The third kappa shape index (κ3) is 6.59. The highest BCUT2D eigenvalue weighted by atomic mass is 16.9. The summed E-state index contributed by atoms with van der Waals surface area (Å²) >= 11 is 0. The molecule has 3 saturated carbocycles. The number of ether oxygens (including phenoxy) is 2. The van der Waals surface area contributed by atoms with E-state index in [1.807, 2.05) is 6.08 Å². The van der Waals surface area contributed by atoms with E-state index in [-0.39, 0.29) is 79.2 Å². The van der Waals surface area contributed by atoms with Gasteiger partial charge in [0, 0.05) is 17.3 Å². The lowest BCUT2D eigenvalue weighted by Crippen LogP contribution is -2.56. The minimum atomic E-state index is -0.873. The van der Waals surface area contributed by atoms with Gasteiger partial charge in [0.15, 0.2) is 11.6 Å². The van der Waals surface area contributed by atoms with Crippen molar-refractivity contribution >= 4 is 23.5 Å². The Bertz CT molecular complexity index is 1420. The van der Waals surface area contributed by atoms with Crippen LogP contribution in [0.4, 0.5) is 0 Å². The number of hydrogen-bond donors (Lipinski definition) is 1. The van der Waals surface area contributed by atoms with Gasteiger partial charge in [-0.1, -0.05) is 56.7 Å². The third-order valence-electron chi connectivity index (χ3n) is 10.9. The Morgan fingerprint density at radius 2 is 1.69 bits per heavy atom. The normalized spacial score (nSPS) is 33.2. The van der Waals surface area contributed by atoms with E-state index in [2.05, 4.69) is 25.6 Å². The first-order valence-electron chi connectivity index (χ1n) is 15.6. The molecule has 1 N–H and O–H groups in total. The topological polar surface area (TPSA) is 159 Å². The zero-order valence-electron chi connectivity index (χ0n) is 25.9. The van der Waals surface area contributed by atoms with Gasteiger partial charge in [0.2, 0.25) is 0 Å². The van der Waals surface area contributed by atoms with E-state index in [1.54, 1.807) is 36.4 Å². The maximum atomic E-state index is 13.6. The summed E-state index contributed by atoms with van der Waals surface area (Å²) in [4.78, 5) is 64.9. The fourth-order valence-electron chi connectivity index (χ4n) is 8.99. The Hall–Kier alpha value is -3.86. The molecule has 1 aromatic carbocycles. The third-order valence-corrected chi connectivity index (χ3v) is 10.9. The quantitative estimate of drug-likeness (QED) is 0.212. The second kappa shape index (κ2) is 12.9. The van der Waals surface area contributed by atoms with Crippen LogP contribution < -0.4 is 0 Å². The van der Waals surface area contributed by atoms with Crippen LogP contribution in [0.5, 0.6) is 0 Å². The van der Waals surface area contributed by atoms with Crippen molar-refractivity contribution < 1.29 is 43.7 Å². The van der Waals surface area contributed by atoms with Crippen molar-refractivity contribution in [3.63, 3.8) is 0 Å². The van der Waals surface area contributed by atoms with E-state index in [1.165, 1.54) is 0 Å². The van der Waals surface area contributed by atoms with Crippen molar-refractivity contribution in [1.82, 2.24) is 0 Å². The first kappa shape index (κ1) is 32.5. The van der Waals surface area contributed by atoms with Gasteiger partial charge < -0.3 is 19.4 Å². The van der Waals surface area contributed by atoms with Gasteiger partial charge in [0.1, 0.15) is 19.8 Å².